The number of nitrogens with zero attached hydrogens (tertiary/aromatic N) is 2. The number of aryl methyl sites for hydroxylation is 1. The molecule has 0 saturated carbocycles. The van der Waals surface area contributed by atoms with Gasteiger partial charge in [0.25, 0.3) is 0 Å². The molecular formula is C16H14N2S2. The average Bonchev–Trinajstić information content (AvgIpc) is 2.95. The molecule has 0 radical (unpaired) electrons. The maximum absolute atomic E-state index is 4.71. The minimum atomic E-state index is 0.860. The van der Waals surface area contributed by atoms with Crippen LogP contribution >= 0.6 is 23.1 Å². The maximum atomic E-state index is 4.71. The molecule has 0 aliphatic heterocycles. The number of rotatable bonds is 4. The Bertz CT molecular complexity index is 692. The largest absolute Gasteiger partial charge is 0.250 e. The van der Waals surface area contributed by atoms with Gasteiger partial charge in [-0.15, -0.1) is 23.1 Å². The number of aromatic nitrogens is 2. The number of hydrogen-bond donors (Lipinski definition) is 0. The summed E-state index contributed by atoms with van der Waals surface area (Å²) in [6, 6.07) is 14.4. The van der Waals surface area contributed by atoms with E-state index in [2.05, 4.69) is 41.6 Å². The average molecular weight is 298 g/mol. The molecule has 0 amide bonds. The highest BCUT2D eigenvalue weighted by atomic mass is 32.2. The van der Waals surface area contributed by atoms with E-state index in [0.717, 1.165) is 21.5 Å². The molecule has 0 aliphatic rings. The molecule has 3 aromatic rings. The van der Waals surface area contributed by atoms with Crippen molar-refractivity contribution in [2.24, 2.45) is 0 Å². The Balaban J connectivity index is 1.71. The second kappa shape index (κ2) is 6.20. The zero-order chi connectivity index (χ0) is 13.8. The summed E-state index contributed by atoms with van der Waals surface area (Å²) in [5, 5.41) is 4.26. The lowest BCUT2D eigenvalue weighted by Gasteiger charge is -1.98. The number of pyridine rings is 1. The van der Waals surface area contributed by atoms with Gasteiger partial charge < -0.3 is 0 Å². The first kappa shape index (κ1) is 13.3. The van der Waals surface area contributed by atoms with E-state index in [1.807, 2.05) is 24.4 Å². The summed E-state index contributed by atoms with van der Waals surface area (Å²) in [6.07, 6.45) is 1.82. The van der Waals surface area contributed by atoms with Gasteiger partial charge in [-0.25, -0.2) is 9.97 Å². The lowest BCUT2D eigenvalue weighted by molar-refractivity contribution is 1.12. The molecule has 2 nitrogen and oxygen atoms in total. The van der Waals surface area contributed by atoms with Crippen molar-refractivity contribution < 1.29 is 0 Å². The predicted molar refractivity (Wildman–Crippen MR) is 86.1 cm³/mol. The van der Waals surface area contributed by atoms with Crippen molar-refractivity contribution in [2.75, 3.05) is 0 Å². The standard InChI is InChI=1S/C16H14N2S2/c1-12-5-4-6-13(9-12)16-18-14(11-20-16)10-19-15-7-2-3-8-17-15/h2-9,11H,10H2,1H3. The molecule has 0 unspecified atom stereocenters. The quantitative estimate of drug-likeness (QED) is 0.647. The van der Waals surface area contributed by atoms with Gasteiger partial charge in [0.2, 0.25) is 0 Å². The van der Waals surface area contributed by atoms with E-state index in [9.17, 15) is 0 Å². The summed E-state index contributed by atoms with van der Waals surface area (Å²) in [7, 11) is 0. The molecule has 2 heterocycles. The van der Waals surface area contributed by atoms with Crippen LogP contribution in [0.4, 0.5) is 0 Å². The van der Waals surface area contributed by atoms with Crippen molar-refractivity contribution in [3.05, 3.63) is 65.3 Å². The van der Waals surface area contributed by atoms with E-state index in [1.165, 1.54) is 11.1 Å². The van der Waals surface area contributed by atoms with Gasteiger partial charge in [-0.3, -0.25) is 0 Å². The predicted octanol–water partition coefficient (Wildman–Crippen LogP) is 4.81. The summed E-state index contributed by atoms with van der Waals surface area (Å²) in [5.41, 5.74) is 3.58. The Hall–Kier alpha value is -1.65. The molecule has 0 N–H and O–H groups in total. The van der Waals surface area contributed by atoms with Crippen LogP contribution in [-0.2, 0) is 5.75 Å². The topological polar surface area (TPSA) is 25.8 Å². The van der Waals surface area contributed by atoms with Crippen molar-refractivity contribution in [2.45, 2.75) is 17.7 Å². The fourth-order valence-electron chi connectivity index (χ4n) is 1.86. The van der Waals surface area contributed by atoms with E-state index < -0.39 is 0 Å². The molecule has 4 heteroatoms. The van der Waals surface area contributed by atoms with Gasteiger partial charge in [0.05, 0.1) is 10.7 Å². The van der Waals surface area contributed by atoms with Crippen LogP contribution in [0.3, 0.4) is 0 Å². The number of thiazole rings is 1. The highest BCUT2D eigenvalue weighted by Gasteiger charge is 2.05. The SMILES string of the molecule is Cc1cccc(-c2nc(CSc3ccccn3)cs2)c1. The molecule has 3 rings (SSSR count). The molecule has 0 atom stereocenters. The van der Waals surface area contributed by atoms with Gasteiger partial charge in [0.15, 0.2) is 0 Å². The van der Waals surface area contributed by atoms with Gasteiger partial charge in [-0.05, 0) is 25.1 Å². The number of benzene rings is 1. The Morgan fingerprint density at radius 2 is 2.10 bits per heavy atom. The molecule has 0 aliphatic carbocycles. The van der Waals surface area contributed by atoms with Crippen LogP contribution in [0, 0.1) is 6.92 Å². The zero-order valence-electron chi connectivity index (χ0n) is 11.1. The molecule has 100 valence electrons. The second-order valence-electron chi connectivity index (χ2n) is 4.47. The molecule has 2 aromatic heterocycles. The second-order valence-corrected chi connectivity index (χ2v) is 6.32. The van der Waals surface area contributed by atoms with Crippen LogP contribution in [0.15, 0.2) is 59.1 Å². The molecule has 0 bridgehead atoms. The van der Waals surface area contributed by atoms with Crippen molar-refractivity contribution in [3.8, 4) is 10.6 Å². The van der Waals surface area contributed by atoms with Gasteiger partial charge in [-0.2, -0.15) is 0 Å². The van der Waals surface area contributed by atoms with E-state index >= 15 is 0 Å². The van der Waals surface area contributed by atoms with Gasteiger partial charge in [0.1, 0.15) is 5.01 Å². The fourth-order valence-corrected chi connectivity index (χ4v) is 3.54. The van der Waals surface area contributed by atoms with Gasteiger partial charge in [0, 0.05) is 22.9 Å². The summed E-state index contributed by atoms with van der Waals surface area (Å²) < 4.78 is 0. The van der Waals surface area contributed by atoms with Crippen LogP contribution in [0.2, 0.25) is 0 Å². The summed E-state index contributed by atoms with van der Waals surface area (Å²) in [5.74, 6) is 0.860. The molecule has 0 spiro atoms. The van der Waals surface area contributed by atoms with Crippen LogP contribution in [0.5, 0.6) is 0 Å². The van der Waals surface area contributed by atoms with Gasteiger partial charge in [-0.1, -0.05) is 29.8 Å². The van der Waals surface area contributed by atoms with Crippen molar-refractivity contribution >= 4 is 23.1 Å². The molecule has 0 fully saturated rings. The molecule has 1 aromatic carbocycles. The van der Waals surface area contributed by atoms with Crippen LogP contribution in [0.25, 0.3) is 10.6 Å². The van der Waals surface area contributed by atoms with Crippen molar-refractivity contribution in [3.63, 3.8) is 0 Å². The Morgan fingerprint density at radius 1 is 1.15 bits per heavy atom. The van der Waals surface area contributed by atoms with Crippen LogP contribution in [0.1, 0.15) is 11.3 Å². The Morgan fingerprint density at radius 3 is 2.90 bits per heavy atom. The maximum Gasteiger partial charge on any atom is 0.123 e. The third-order valence-corrected chi connectivity index (χ3v) is 4.74. The highest BCUT2D eigenvalue weighted by molar-refractivity contribution is 7.98. The lowest BCUT2D eigenvalue weighted by Crippen LogP contribution is -1.84. The van der Waals surface area contributed by atoms with Crippen LogP contribution < -0.4 is 0 Å². The Labute approximate surface area is 126 Å². The van der Waals surface area contributed by atoms with Gasteiger partial charge >= 0.3 is 0 Å². The number of hydrogen-bond acceptors (Lipinski definition) is 4. The minimum Gasteiger partial charge on any atom is -0.250 e. The van der Waals surface area contributed by atoms with E-state index in [0.29, 0.717) is 0 Å². The van der Waals surface area contributed by atoms with E-state index in [-0.39, 0.29) is 0 Å². The third kappa shape index (κ3) is 3.26. The van der Waals surface area contributed by atoms with Crippen LogP contribution in [-0.4, -0.2) is 9.97 Å². The van der Waals surface area contributed by atoms with Crippen molar-refractivity contribution in [1.82, 2.24) is 9.97 Å². The molecular weight excluding hydrogens is 284 g/mol. The first-order valence-electron chi connectivity index (χ1n) is 6.36. The smallest absolute Gasteiger partial charge is 0.123 e. The fraction of sp³-hybridized carbons (Fsp3) is 0.125. The first-order chi connectivity index (χ1) is 9.81. The lowest BCUT2D eigenvalue weighted by atomic mass is 10.1. The monoisotopic (exact) mass is 298 g/mol. The highest BCUT2D eigenvalue weighted by Crippen LogP contribution is 2.27. The summed E-state index contributed by atoms with van der Waals surface area (Å²) in [6.45, 7) is 2.11. The normalized spacial score (nSPS) is 10.7. The summed E-state index contributed by atoms with van der Waals surface area (Å²) >= 11 is 3.42. The van der Waals surface area contributed by atoms with E-state index in [4.69, 9.17) is 4.98 Å². The van der Waals surface area contributed by atoms with Crippen molar-refractivity contribution in [1.29, 1.82) is 0 Å². The number of thioether (sulfide) groups is 1. The zero-order valence-corrected chi connectivity index (χ0v) is 12.7. The molecule has 0 saturated heterocycles. The first-order valence-corrected chi connectivity index (χ1v) is 8.23. The summed E-state index contributed by atoms with van der Waals surface area (Å²) in [4.78, 5) is 9.02. The minimum absolute atomic E-state index is 0.860. The third-order valence-electron chi connectivity index (χ3n) is 2.82. The van der Waals surface area contributed by atoms with E-state index in [1.54, 1.807) is 23.1 Å². The Kier molecular flexibility index (Phi) is 4.14. The molecule has 20 heavy (non-hydrogen) atoms.